The molecule has 0 atom stereocenters. The second-order valence-electron chi connectivity index (χ2n) is 1.52. The summed E-state index contributed by atoms with van der Waals surface area (Å²) in [7, 11) is 3.25. The molecular formula is C10H32OS. The molecule has 0 saturated heterocycles. The molecule has 0 aliphatic carbocycles. The van der Waals surface area contributed by atoms with E-state index in [1.54, 1.807) is 26.0 Å². The summed E-state index contributed by atoms with van der Waals surface area (Å²) in [5.74, 6) is 0. The molecule has 0 amide bonds. The molecule has 0 aliphatic heterocycles. The van der Waals surface area contributed by atoms with Crippen molar-refractivity contribution in [1.82, 2.24) is 0 Å². The Kier molecular flexibility index (Phi) is 362. The number of hydrogen-bond acceptors (Lipinski definition) is 2. The Labute approximate surface area is 86.3 Å². The first kappa shape index (κ1) is 39.5. The maximum Gasteiger partial charge on any atom is 0.0351 e. The zero-order valence-corrected chi connectivity index (χ0v) is 8.34. The molecule has 0 aromatic carbocycles. The third-order valence-corrected chi connectivity index (χ3v) is 0. The molecular weight excluding hydrogens is 168 g/mol. The van der Waals surface area contributed by atoms with Gasteiger partial charge in [-0.3, -0.25) is 0 Å². The van der Waals surface area contributed by atoms with E-state index < -0.39 is 0 Å². The highest BCUT2D eigenvalue weighted by Gasteiger charge is 1.35. The fourth-order valence-electron chi connectivity index (χ4n) is 0. The van der Waals surface area contributed by atoms with Gasteiger partial charge in [-0.05, 0) is 12.5 Å². The summed E-state index contributed by atoms with van der Waals surface area (Å²) >= 11 is 1.75. The zero-order chi connectivity index (χ0) is 8.12. The van der Waals surface area contributed by atoms with Gasteiger partial charge in [-0.25, -0.2) is 0 Å². The first-order chi connectivity index (χ1) is 4.24. The average Bonchev–Trinajstić information content (AvgIpc) is 1.70. The van der Waals surface area contributed by atoms with Crippen molar-refractivity contribution in [3.8, 4) is 0 Å². The van der Waals surface area contributed by atoms with E-state index >= 15 is 0 Å². The van der Waals surface area contributed by atoms with Crippen LogP contribution in [0.2, 0.25) is 0 Å². The molecule has 0 spiro atoms. The third kappa shape index (κ3) is 9300. The van der Waals surface area contributed by atoms with Gasteiger partial charge in [0.05, 0.1) is 0 Å². The van der Waals surface area contributed by atoms with Crippen LogP contribution in [-0.4, -0.2) is 26.7 Å². The predicted octanol–water partition coefficient (Wildman–Crippen LogP) is 4.57. The van der Waals surface area contributed by atoms with E-state index in [1.807, 2.05) is 12.5 Å². The molecule has 2 heteroatoms. The van der Waals surface area contributed by atoms with Gasteiger partial charge < -0.3 is 4.74 Å². The van der Waals surface area contributed by atoms with Gasteiger partial charge in [0.25, 0.3) is 0 Å². The quantitative estimate of drug-likeness (QED) is 0.566. The van der Waals surface area contributed by atoms with E-state index in [4.69, 9.17) is 0 Å². The van der Waals surface area contributed by atoms with Gasteiger partial charge in [0.15, 0.2) is 0 Å². The van der Waals surface area contributed by atoms with Crippen LogP contribution < -0.4 is 0 Å². The number of thioether (sulfide) groups is 1. The lowest BCUT2D eigenvalue weighted by Crippen LogP contribution is -1.55. The first-order valence-electron chi connectivity index (χ1n) is 3.05. The monoisotopic (exact) mass is 200 g/mol. The van der Waals surface area contributed by atoms with Crippen LogP contribution in [0.15, 0.2) is 0 Å². The molecule has 0 aliphatic rings. The summed E-state index contributed by atoms with van der Waals surface area (Å²) in [5.41, 5.74) is 0. The molecule has 0 aromatic heterocycles. The van der Waals surface area contributed by atoms with E-state index in [-0.39, 0.29) is 22.3 Å². The molecule has 0 fully saturated rings. The highest BCUT2D eigenvalue weighted by molar-refractivity contribution is 7.97. The average molecular weight is 200 g/mol. The highest BCUT2D eigenvalue weighted by atomic mass is 32.2. The van der Waals surface area contributed by atoms with Crippen LogP contribution in [0.3, 0.4) is 0 Å². The Bertz CT molecular complexity index is 14.6. The fourth-order valence-corrected chi connectivity index (χ4v) is 0. The standard InChI is InChI=1S/C3H8.C2H6O.C2H6S.3CH4/c3*1-3-2;;;/h3H2,1-2H3;2*1-2H3;3*1H4. The van der Waals surface area contributed by atoms with Crippen molar-refractivity contribution in [1.29, 1.82) is 0 Å². The van der Waals surface area contributed by atoms with Crippen LogP contribution in [0.25, 0.3) is 0 Å². The van der Waals surface area contributed by atoms with Crippen molar-refractivity contribution in [3.05, 3.63) is 0 Å². The topological polar surface area (TPSA) is 9.23 Å². The van der Waals surface area contributed by atoms with E-state index in [2.05, 4.69) is 18.6 Å². The molecule has 0 rings (SSSR count). The second kappa shape index (κ2) is 110. The second-order valence-corrected chi connectivity index (χ2v) is 2.34. The van der Waals surface area contributed by atoms with Gasteiger partial charge in [0.1, 0.15) is 0 Å². The molecule has 12 heavy (non-hydrogen) atoms. The van der Waals surface area contributed by atoms with Gasteiger partial charge >= 0.3 is 0 Å². The largest absolute Gasteiger partial charge is 0.388 e. The summed E-state index contributed by atoms with van der Waals surface area (Å²) in [5, 5.41) is 0. The van der Waals surface area contributed by atoms with Gasteiger partial charge in [-0.1, -0.05) is 42.5 Å². The van der Waals surface area contributed by atoms with E-state index in [0.717, 1.165) is 0 Å². The summed E-state index contributed by atoms with van der Waals surface area (Å²) in [6.45, 7) is 4.25. The van der Waals surface area contributed by atoms with Gasteiger partial charge in [0.2, 0.25) is 0 Å². The molecule has 0 aromatic rings. The normalized spacial score (nSPS) is 4.50. The van der Waals surface area contributed by atoms with Crippen molar-refractivity contribution in [2.24, 2.45) is 0 Å². The van der Waals surface area contributed by atoms with Crippen LogP contribution in [-0.2, 0) is 4.74 Å². The molecule has 0 heterocycles. The molecule has 0 unspecified atom stereocenters. The van der Waals surface area contributed by atoms with Crippen LogP contribution in [0.4, 0.5) is 0 Å². The van der Waals surface area contributed by atoms with Gasteiger partial charge in [-0.15, -0.1) is 0 Å². The minimum absolute atomic E-state index is 0. The Morgan fingerprint density at radius 3 is 0.917 bits per heavy atom. The molecule has 0 bridgehead atoms. The van der Waals surface area contributed by atoms with Crippen LogP contribution >= 0.6 is 11.8 Å². The minimum atomic E-state index is 0. The minimum Gasteiger partial charge on any atom is -0.388 e. The number of ether oxygens (including phenoxy) is 1. The lowest BCUT2D eigenvalue weighted by atomic mass is 10.6. The van der Waals surface area contributed by atoms with E-state index in [0.29, 0.717) is 0 Å². The number of rotatable bonds is 0. The van der Waals surface area contributed by atoms with Crippen molar-refractivity contribution in [2.45, 2.75) is 42.5 Å². The Morgan fingerprint density at radius 2 is 0.917 bits per heavy atom. The SMILES string of the molecule is C.C.C.CCC.COC.CSC. The van der Waals surface area contributed by atoms with Crippen LogP contribution in [0, 0.1) is 0 Å². The van der Waals surface area contributed by atoms with Gasteiger partial charge in [-0.2, -0.15) is 11.8 Å². The Balaban J connectivity index is -0.00000001000. The first-order valence-corrected chi connectivity index (χ1v) is 4.68. The van der Waals surface area contributed by atoms with Crippen molar-refractivity contribution in [2.75, 3.05) is 26.7 Å². The summed E-state index contributed by atoms with van der Waals surface area (Å²) < 4.78 is 4.25. The van der Waals surface area contributed by atoms with Crippen molar-refractivity contribution in [3.63, 3.8) is 0 Å². The van der Waals surface area contributed by atoms with Crippen molar-refractivity contribution < 1.29 is 4.74 Å². The smallest absolute Gasteiger partial charge is 0.0351 e. The lowest BCUT2D eigenvalue weighted by molar-refractivity contribution is 0.277. The maximum absolute atomic E-state index is 4.25. The maximum atomic E-state index is 4.25. The lowest BCUT2D eigenvalue weighted by Gasteiger charge is -1.61. The van der Waals surface area contributed by atoms with Gasteiger partial charge in [0, 0.05) is 14.2 Å². The number of hydrogen-bond donors (Lipinski definition) is 0. The zero-order valence-electron chi connectivity index (χ0n) is 7.52. The third-order valence-electron chi connectivity index (χ3n) is 0. The summed E-state index contributed by atoms with van der Waals surface area (Å²) in [4.78, 5) is 0. The fraction of sp³-hybridized carbons (Fsp3) is 1.00. The van der Waals surface area contributed by atoms with E-state index in [1.165, 1.54) is 6.42 Å². The molecule has 0 saturated carbocycles. The van der Waals surface area contributed by atoms with Crippen LogP contribution in [0.1, 0.15) is 42.5 Å². The number of methoxy groups -OCH3 is 1. The van der Waals surface area contributed by atoms with E-state index in [9.17, 15) is 0 Å². The van der Waals surface area contributed by atoms with Crippen molar-refractivity contribution >= 4 is 11.8 Å². The Hall–Kier alpha value is 0.310. The molecule has 0 N–H and O–H groups in total. The highest BCUT2D eigenvalue weighted by Crippen LogP contribution is 1.70. The van der Waals surface area contributed by atoms with Crippen LogP contribution in [0.5, 0.6) is 0 Å². The predicted molar refractivity (Wildman–Crippen MR) is 68.5 cm³/mol. The summed E-state index contributed by atoms with van der Waals surface area (Å²) in [6, 6.07) is 0. The Morgan fingerprint density at radius 1 is 0.917 bits per heavy atom. The molecule has 84 valence electrons. The molecule has 1 nitrogen and oxygen atoms in total. The molecule has 0 radical (unpaired) electrons. The summed E-state index contributed by atoms with van der Waals surface area (Å²) in [6.07, 6.45) is 5.33.